The van der Waals surface area contributed by atoms with E-state index < -0.39 is 28.3 Å². The zero-order chi connectivity index (χ0) is 19.6. The topological polar surface area (TPSA) is 90.7 Å². The summed E-state index contributed by atoms with van der Waals surface area (Å²) in [7, 11) is 0. The minimum absolute atomic E-state index is 0.155. The lowest BCUT2D eigenvalue weighted by Gasteiger charge is -2.19. The van der Waals surface area contributed by atoms with Crippen molar-refractivity contribution in [3.63, 3.8) is 0 Å². The highest BCUT2D eigenvalue weighted by molar-refractivity contribution is 5.99. The van der Waals surface area contributed by atoms with Crippen LogP contribution in [0, 0.1) is 10.1 Å². The molecule has 0 bridgehead atoms. The molecule has 10 heteroatoms. The molecule has 0 unspecified atom stereocenters. The molecule has 0 saturated heterocycles. The SMILES string of the molecule is O=C(NCc1cccc(C(F)(F)F)c1)c1cc2c(cc1[N+](=O)[O-])OCCO2. The number of carbonyl (C=O) groups is 1. The molecule has 3 rings (SSSR count). The van der Waals surface area contributed by atoms with E-state index in [1.807, 2.05) is 0 Å². The Kier molecular flexibility index (Phi) is 4.89. The van der Waals surface area contributed by atoms with Crippen molar-refractivity contribution in [2.45, 2.75) is 12.7 Å². The molecule has 1 N–H and O–H groups in total. The minimum Gasteiger partial charge on any atom is -0.486 e. The quantitative estimate of drug-likeness (QED) is 0.647. The van der Waals surface area contributed by atoms with Gasteiger partial charge in [-0.15, -0.1) is 0 Å². The fourth-order valence-corrected chi connectivity index (χ4v) is 2.55. The van der Waals surface area contributed by atoms with Crippen LogP contribution in [-0.2, 0) is 12.7 Å². The summed E-state index contributed by atoms with van der Waals surface area (Å²) in [5.74, 6) is -0.463. The summed E-state index contributed by atoms with van der Waals surface area (Å²) >= 11 is 0. The standard InChI is InChI=1S/C17H13F3N2O5/c18-17(19,20)11-3-1-2-10(6-11)9-21-16(23)12-7-14-15(27-5-4-26-14)8-13(12)22(24)25/h1-3,6-8H,4-5,9H2,(H,21,23). The van der Waals surface area contributed by atoms with Crippen molar-refractivity contribution in [1.82, 2.24) is 5.32 Å². The molecule has 0 spiro atoms. The molecule has 1 aliphatic heterocycles. The Balaban J connectivity index is 1.81. The molecule has 142 valence electrons. The average molecular weight is 382 g/mol. The number of carbonyl (C=O) groups excluding carboxylic acids is 1. The van der Waals surface area contributed by atoms with Gasteiger partial charge in [0.15, 0.2) is 11.5 Å². The van der Waals surface area contributed by atoms with Crippen molar-refractivity contribution < 1.29 is 32.4 Å². The second-order valence-corrected chi connectivity index (χ2v) is 5.65. The van der Waals surface area contributed by atoms with Gasteiger partial charge >= 0.3 is 6.18 Å². The predicted octanol–water partition coefficient (Wildman–Crippen LogP) is 3.31. The smallest absolute Gasteiger partial charge is 0.416 e. The number of rotatable bonds is 4. The fourth-order valence-electron chi connectivity index (χ4n) is 2.55. The number of hydrogen-bond donors (Lipinski definition) is 1. The highest BCUT2D eigenvalue weighted by atomic mass is 19.4. The Morgan fingerprint density at radius 2 is 1.81 bits per heavy atom. The Labute approximate surface area is 150 Å². The Hall–Kier alpha value is -3.30. The summed E-state index contributed by atoms with van der Waals surface area (Å²) in [6.45, 7) is 0.232. The number of alkyl halides is 3. The van der Waals surface area contributed by atoms with Gasteiger partial charge in [-0.25, -0.2) is 0 Å². The number of nitro groups is 1. The third kappa shape index (κ3) is 4.10. The van der Waals surface area contributed by atoms with Crippen LogP contribution >= 0.6 is 0 Å². The number of halogens is 3. The van der Waals surface area contributed by atoms with E-state index in [2.05, 4.69) is 5.32 Å². The molecule has 2 aromatic rings. The lowest BCUT2D eigenvalue weighted by atomic mass is 10.1. The van der Waals surface area contributed by atoms with Crippen LogP contribution < -0.4 is 14.8 Å². The van der Waals surface area contributed by atoms with Crippen molar-refractivity contribution >= 4 is 11.6 Å². The van der Waals surface area contributed by atoms with E-state index in [1.165, 1.54) is 18.2 Å². The first-order valence-electron chi connectivity index (χ1n) is 7.78. The highest BCUT2D eigenvalue weighted by Crippen LogP contribution is 2.36. The summed E-state index contributed by atoms with van der Waals surface area (Å²) in [5.41, 5.74) is -1.39. The molecule has 1 heterocycles. The molecule has 2 aromatic carbocycles. The number of nitrogens with one attached hydrogen (secondary N) is 1. The first kappa shape index (κ1) is 18.5. The number of nitrogens with zero attached hydrogens (tertiary/aromatic N) is 1. The van der Waals surface area contributed by atoms with Crippen LogP contribution in [0.2, 0.25) is 0 Å². The van der Waals surface area contributed by atoms with E-state index in [0.717, 1.165) is 18.2 Å². The summed E-state index contributed by atoms with van der Waals surface area (Å²) in [4.78, 5) is 22.9. The van der Waals surface area contributed by atoms with Gasteiger partial charge in [-0.2, -0.15) is 13.2 Å². The van der Waals surface area contributed by atoms with Crippen molar-refractivity contribution in [3.8, 4) is 11.5 Å². The van der Waals surface area contributed by atoms with Crippen molar-refractivity contribution in [3.05, 3.63) is 63.2 Å². The molecule has 1 aliphatic rings. The average Bonchev–Trinajstić information content (AvgIpc) is 2.64. The highest BCUT2D eigenvalue weighted by Gasteiger charge is 2.30. The summed E-state index contributed by atoms with van der Waals surface area (Å²) in [6, 6.07) is 6.72. The molecular formula is C17H13F3N2O5. The van der Waals surface area contributed by atoms with Crippen molar-refractivity contribution in [2.24, 2.45) is 0 Å². The lowest BCUT2D eigenvalue weighted by Crippen LogP contribution is -2.24. The predicted molar refractivity (Wildman–Crippen MR) is 86.7 cm³/mol. The third-order valence-corrected chi connectivity index (χ3v) is 3.81. The van der Waals surface area contributed by atoms with Crippen molar-refractivity contribution in [2.75, 3.05) is 13.2 Å². The van der Waals surface area contributed by atoms with E-state index in [9.17, 15) is 28.1 Å². The Bertz CT molecular complexity index is 899. The zero-order valence-corrected chi connectivity index (χ0v) is 13.7. The molecule has 27 heavy (non-hydrogen) atoms. The second-order valence-electron chi connectivity index (χ2n) is 5.65. The maximum atomic E-state index is 12.7. The molecule has 7 nitrogen and oxygen atoms in total. The van der Waals surface area contributed by atoms with Crippen LogP contribution in [-0.4, -0.2) is 24.0 Å². The second kappa shape index (κ2) is 7.14. The molecule has 0 atom stereocenters. The van der Waals surface area contributed by atoms with E-state index in [4.69, 9.17) is 9.47 Å². The molecule has 0 aliphatic carbocycles. The normalized spacial score (nSPS) is 13.1. The number of benzene rings is 2. The number of nitro benzene ring substituents is 1. The van der Waals surface area contributed by atoms with Gasteiger partial charge in [0.05, 0.1) is 16.6 Å². The van der Waals surface area contributed by atoms with Crippen LogP contribution in [0.3, 0.4) is 0 Å². The Morgan fingerprint density at radius 1 is 1.15 bits per heavy atom. The maximum Gasteiger partial charge on any atom is 0.416 e. The van der Waals surface area contributed by atoms with E-state index >= 15 is 0 Å². The fraction of sp³-hybridized carbons (Fsp3) is 0.235. The van der Waals surface area contributed by atoms with E-state index in [1.54, 1.807) is 0 Å². The molecule has 0 fully saturated rings. The largest absolute Gasteiger partial charge is 0.486 e. The van der Waals surface area contributed by atoms with Gasteiger partial charge in [-0.1, -0.05) is 12.1 Å². The molecular weight excluding hydrogens is 369 g/mol. The van der Waals surface area contributed by atoms with Gasteiger partial charge in [0.25, 0.3) is 11.6 Å². The summed E-state index contributed by atoms with van der Waals surface area (Å²) in [6.07, 6.45) is -4.51. The van der Waals surface area contributed by atoms with Gasteiger partial charge in [-0.3, -0.25) is 14.9 Å². The first-order valence-corrected chi connectivity index (χ1v) is 7.78. The summed E-state index contributed by atoms with van der Waals surface area (Å²) in [5, 5.41) is 13.6. The van der Waals surface area contributed by atoms with Crippen LogP contribution in [0.1, 0.15) is 21.5 Å². The van der Waals surface area contributed by atoms with Gasteiger partial charge in [0.2, 0.25) is 0 Å². The zero-order valence-electron chi connectivity index (χ0n) is 13.7. The van der Waals surface area contributed by atoms with Crippen LogP contribution in [0.15, 0.2) is 36.4 Å². The van der Waals surface area contributed by atoms with Crippen LogP contribution in [0.5, 0.6) is 11.5 Å². The van der Waals surface area contributed by atoms with Crippen LogP contribution in [0.25, 0.3) is 0 Å². The van der Waals surface area contributed by atoms with Crippen molar-refractivity contribution in [1.29, 1.82) is 0 Å². The third-order valence-electron chi connectivity index (χ3n) is 3.81. The van der Waals surface area contributed by atoms with Gasteiger partial charge in [0.1, 0.15) is 18.8 Å². The minimum atomic E-state index is -4.51. The number of amides is 1. The molecule has 0 radical (unpaired) electrons. The monoisotopic (exact) mass is 382 g/mol. The number of hydrogen-bond acceptors (Lipinski definition) is 5. The number of ether oxygens (including phenoxy) is 2. The maximum absolute atomic E-state index is 12.7. The van der Waals surface area contributed by atoms with Gasteiger partial charge in [-0.05, 0) is 17.7 Å². The van der Waals surface area contributed by atoms with Gasteiger partial charge < -0.3 is 14.8 Å². The Morgan fingerprint density at radius 3 is 2.44 bits per heavy atom. The van der Waals surface area contributed by atoms with E-state index in [-0.39, 0.29) is 42.4 Å². The summed E-state index contributed by atoms with van der Waals surface area (Å²) < 4.78 is 48.8. The number of fused-ring (bicyclic) bond motifs is 1. The molecule has 0 aromatic heterocycles. The molecule has 0 saturated carbocycles. The van der Waals surface area contributed by atoms with Gasteiger partial charge in [0, 0.05) is 12.6 Å². The lowest BCUT2D eigenvalue weighted by molar-refractivity contribution is -0.385. The first-order chi connectivity index (χ1) is 12.8. The molecule has 1 amide bonds. The van der Waals surface area contributed by atoms with Crippen LogP contribution in [0.4, 0.5) is 18.9 Å². The van der Waals surface area contributed by atoms with E-state index in [0.29, 0.717) is 0 Å².